The van der Waals surface area contributed by atoms with E-state index >= 15 is 0 Å². The van der Waals surface area contributed by atoms with Crippen molar-refractivity contribution in [3.05, 3.63) is 39.2 Å². The number of hydrogen-bond donors (Lipinski definition) is 0. The zero-order valence-electron chi connectivity index (χ0n) is 12.3. The summed E-state index contributed by atoms with van der Waals surface area (Å²) >= 11 is 9.98. The molecule has 0 spiro atoms. The molecule has 1 aromatic carbocycles. The number of carboxylic acids is 1. The van der Waals surface area contributed by atoms with Gasteiger partial charge in [0.1, 0.15) is 4.32 Å². The second-order valence-electron chi connectivity index (χ2n) is 5.07. The summed E-state index contributed by atoms with van der Waals surface area (Å²) < 4.78 is 1.51. The molecule has 7 heteroatoms. The van der Waals surface area contributed by atoms with E-state index in [0.717, 1.165) is 22.9 Å². The van der Waals surface area contributed by atoms with Gasteiger partial charge in [-0.05, 0) is 43.0 Å². The highest BCUT2D eigenvalue weighted by Gasteiger charge is 2.31. The van der Waals surface area contributed by atoms with Crippen molar-refractivity contribution in [1.29, 1.82) is 0 Å². The van der Waals surface area contributed by atoms with E-state index in [1.54, 1.807) is 4.90 Å². The molecule has 0 unspecified atom stereocenters. The molecule has 1 amide bonds. The summed E-state index contributed by atoms with van der Waals surface area (Å²) in [5, 5.41) is 10.4. The second-order valence-corrected chi connectivity index (χ2v) is 7.66. The summed E-state index contributed by atoms with van der Waals surface area (Å²) in [7, 11) is 0. The number of carbonyl (C=O) groups is 2. The number of halogens is 1. The van der Waals surface area contributed by atoms with Gasteiger partial charge in [-0.2, -0.15) is 0 Å². The van der Waals surface area contributed by atoms with E-state index in [2.05, 4.69) is 15.9 Å². The van der Waals surface area contributed by atoms with Crippen LogP contribution in [0.4, 0.5) is 0 Å². The van der Waals surface area contributed by atoms with Crippen LogP contribution < -0.4 is 5.11 Å². The third kappa shape index (κ3) is 5.44. The largest absolute Gasteiger partial charge is 0.550 e. The number of aliphatic carboxylic acids is 1. The Morgan fingerprint density at radius 1 is 1.35 bits per heavy atom. The van der Waals surface area contributed by atoms with Gasteiger partial charge in [0, 0.05) is 17.0 Å². The molecule has 23 heavy (non-hydrogen) atoms. The Balaban J connectivity index is 1.93. The lowest BCUT2D eigenvalue weighted by atomic mass is 10.2. The van der Waals surface area contributed by atoms with Crippen LogP contribution in [0.3, 0.4) is 0 Å². The number of carbonyl (C=O) groups excluding carboxylic acids is 2. The first-order valence-electron chi connectivity index (χ1n) is 7.18. The molecule has 0 bridgehead atoms. The van der Waals surface area contributed by atoms with Crippen LogP contribution in [-0.2, 0) is 9.59 Å². The minimum absolute atomic E-state index is 0.0567. The van der Waals surface area contributed by atoms with Crippen LogP contribution in [0.1, 0.15) is 31.2 Å². The van der Waals surface area contributed by atoms with Crippen molar-refractivity contribution in [2.45, 2.75) is 25.7 Å². The lowest BCUT2D eigenvalue weighted by molar-refractivity contribution is -0.305. The van der Waals surface area contributed by atoms with Gasteiger partial charge in [-0.15, -0.1) is 0 Å². The maximum atomic E-state index is 12.4. The maximum Gasteiger partial charge on any atom is 0.266 e. The molecule has 0 atom stereocenters. The van der Waals surface area contributed by atoms with Gasteiger partial charge in [0.25, 0.3) is 5.91 Å². The lowest BCUT2D eigenvalue weighted by Gasteiger charge is -2.14. The van der Waals surface area contributed by atoms with Gasteiger partial charge in [0.2, 0.25) is 0 Å². The third-order valence-corrected chi connectivity index (χ3v) is 5.15. The molecule has 0 N–H and O–H groups in total. The molecule has 1 aliphatic rings. The summed E-state index contributed by atoms with van der Waals surface area (Å²) in [6.07, 6.45) is 3.91. The van der Waals surface area contributed by atoms with Crippen LogP contribution >= 0.6 is 39.9 Å². The predicted molar refractivity (Wildman–Crippen MR) is 97.5 cm³/mol. The molecule has 0 aromatic heterocycles. The van der Waals surface area contributed by atoms with Crippen molar-refractivity contribution in [3.8, 4) is 0 Å². The Bertz CT molecular complexity index is 660. The first-order chi connectivity index (χ1) is 11.0. The first kappa shape index (κ1) is 18.2. The molecule has 1 aliphatic heterocycles. The first-order valence-corrected chi connectivity index (χ1v) is 9.20. The van der Waals surface area contributed by atoms with Crippen LogP contribution in [-0.4, -0.2) is 27.6 Å². The molecule has 1 aromatic rings. The van der Waals surface area contributed by atoms with Crippen LogP contribution in [0, 0.1) is 0 Å². The minimum Gasteiger partial charge on any atom is -0.550 e. The third-order valence-electron chi connectivity index (χ3n) is 3.28. The normalized spacial score (nSPS) is 16.4. The average Bonchev–Trinajstić information content (AvgIpc) is 2.74. The summed E-state index contributed by atoms with van der Waals surface area (Å²) in [5.41, 5.74) is 0.939. The number of rotatable bonds is 7. The topological polar surface area (TPSA) is 60.4 Å². The molecule has 0 saturated carbocycles. The van der Waals surface area contributed by atoms with Crippen LogP contribution in [0.2, 0.25) is 0 Å². The van der Waals surface area contributed by atoms with Crippen molar-refractivity contribution in [1.82, 2.24) is 4.90 Å². The Morgan fingerprint density at radius 3 is 2.83 bits per heavy atom. The van der Waals surface area contributed by atoms with E-state index in [4.69, 9.17) is 12.2 Å². The second kappa shape index (κ2) is 8.61. The van der Waals surface area contributed by atoms with Gasteiger partial charge in [-0.1, -0.05) is 58.5 Å². The fourth-order valence-electron chi connectivity index (χ4n) is 2.16. The molecule has 122 valence electrons. The van der Waals surface area contributed by atoms with E-state index in [9.17, 15) is 14.7 Å². The Kier molecular flexibility index (Phi) is 6.80. The maximum absolute atomic E-state index is 12.4. The number of benzene rings is 1. The van der Waals surface area contributed by atoms with E-state index in [0.29, 0.717) is 22.2 Å². The molecular formula is C16H15BrNO3S2-. The number of thiocarbonyl (C=S) groups is 1. The minimum atomic E-state index is -1.03. The highest BCUT2D eigenvalue weighted by molar-refractivity contribution is 9.10. The number of unbranched alkanes of at least 4 members (excludes halogenated alkanes) is 2. The van der Waals surface area contributed by atoms with Gasteiger partial charge < -0.3 is 9.90 Å². The van der Waals surface area contributed by atoms with Gasteiger partial charge >= 0.3 is 0 Å². The summed E-state index contributed by atoms with van der Waals surface area (Å²) in [6.45, 7) is 0.521. The van der Waals surface area contributed by atoms with Crippen molar-refractivity contribution in [3.63, 3.8) is 0 Å². The van der Waals surface area contributed by atoms with E-state index in [1.807, 2.05) is 30.3 Å². The van der Waals surface area contributed by atoms with Crippen molar-refractivity contribution in [2.75, 3.05) is 6.54 Å². The molecule has 2 rings (SSSR count). The van der Waals surface area contributed by atoms with E-state index in [1.165, 1.54) is 11.8 Å². The Morgan fingerprint density at radius 2 is 2.13 bits per heavy atom. The average molecular weight is 413 g/mol. The number of thioether (sulfide) groups is 1. The van der Waals surface area contributed by atoms with Gasteiger partial charge in [0.05, 0.1) is 4.91 Å². The molecule has 0 radical (unpaired) electrons. The molecule has 4 nitrogen and oxygen atoms in total. The molecule has 0 aliphatic carbocycles. The fourth-order valence-corrected chi connectivity index (χ4v) is 3.88. The van der Waals surface area contributed by atoms with Crippen LogP contribution in [0.25, 0.3) is 6.08 Å². The van der Waals surface area contributed by atoms with Crippen LogP contribution in [0.15, 0.2) is 33.6 Å². The summed E-state index contributed by atoms with van der Waals surface area (Å²) in [4.78, 5) is 25.0. The SMILES string of the molecule is O=C([O-])CCCCCN1C(=O)/C(=C/c2cccc(Br)c2)SC1=S. The highest BCUT2D eigenvalue weighted by Crippen LogP contribution is 2.33. The number of carboxylic acid groups (broad SMARTS) is 1. The van der Waals surface area contributed by atoms with E-state index in [-0.39, 0.29) is 12.3 Å². The van der Waals surface area contributed by atoms with Crippen molar-refractivity contribution in [2.24, 2.45) is 0 Å². The summed E-state index contributed by atoms with van der Waals surface area (Å²) in [6, 6.07) is 7.70. The number of amides is 1. The molecular weight excluding hydrogens is 398 g/mol. The Labute approximate surface area is 153 Å². The van der Waals surface area contributed by atoms with Gasteiger partial charge in [0.15, 0.2) is 0 Å². The van der Waals surface area contributed by atoms with Gasteiger partial charge in [-0.3, -0.25) is 9.69 Å². The Hall–Kier alpha value is -1.18. The zero-order chi connectivity index (χ0) is 16.8. The predicted octanol–water partition coefficient (Wildman–Crippen LogP) is 2.96. The lowest BCUT2D eigenvalue weighted by Crippen LogP contribution is -2.29. The standard InChI is InChI=1S/C16H16BrNO3S2/c17-12-6-4-5-11(9-12)10-13-15(21)18(16(22)23-13)8-3-1-2-7-14(19)20/h4-6,9-10H,1-3,7-8H2,(H,19,20)/p-1/b13-10-. The fraction of sp³-hybridized carbons (Fsp3) is 0.312. The molecule has 1 fully saturated rings. The zero-order valence-corrected chi connectivity index (χ0v) is 15.5. The molecule has 1 saturated heterocycles. The highest BCUT2D eigenvalue weighted by atomic mass is 79.9. The monoisotopic (exact) mass is 412 g/mol. The van der Waals surface area contributed by atoms with Crippen LogP contribution in [0.5, 0.6) is 0 Å². The quantitative estimate of drug-likeness (QED) is 0.391. The van der Waals surface area contributed by atoms with E-state index < -0.39 is 5.97 Å². The molecule has 1 heterocycles. The number of nitrogens with zero attached hydrogens (tertiary/aromatic N) is 1. The smallest absolute Gasteiger partial charge is 0.266 e. The number of hydrogen-bond acceptors (Lipinski definition) is 5. The van der Waals surface area contributed by atoms with Crippen molar-refractivity contribution < 1.29 is 14.7 Å². The van der Waals surface area contributed by atoms with Gasteiger partial charge in [-0.25, -0.2) is 0 Å². The van der Waals surface area contributed by atoms with Crippen molar-refractivity contribution >= 4 is 62.2 Å². The summed E-state index contributed by atoms with van der Waals surface area (Å²) in [5.74, 6) is -1.12.